The molecule has 0 unspecified atom stereocenters. The number of hydrogen-bond donors (Lipinski definition) is 2. The summed E-state index contributed by atoms with van der Waals surface area (Å²) in [5, 5.41) is 14.9. The van der Waals surface area contributed by atoms with Crippen LogP contribution in [-0.2, 0) is 6.54 Å². The van der Waals surface area contributed by atoms with Gasteiger partial charge in [0.05, 0.1) is 15.7 Å². The lowest BCUT2D eigenvalue weighted by Gasteiger charge is -2.06. The Morgan fingerprint density at radius 1 is 1.03 bits per heavy atom. The average Bonchev–Trinajstić information content (AvgIpc) is 3.29. The standard InChI is InChI=1S/C14H15NO.C10H5Cl2NO2S/c1-15-11-12-7-9-14(10-8-12)16-13-5-3-2-4-6-13;11-6-1-5(2-7(12)10(6)15)8-4-16-9(3-14)13-8/h2-10,15H,11H2,1H3;1-4,15H. The minimum Gasteiger partial charge on any atom is -0.505 e. The third-order valence-corrected chi connectivity index (χ3v) is 5.56. The van der Waals surface area contributed by atoms with Crippen molar-refractivity contribution in [3.05, 3.63) is 92.7 Å². The van der Waals surface area contributed by atoms with Gasteiger partial charge in [-0.3, -0.25) is 4.79 Å². The van der Waals surface area contributed by atoms with Gasteiger partial charge in [-0.05, 0) is 49.0 Å². The summed E-state index contributed by atoms with van der Waals surface area (Å²) in [6.07, 6.45) is 0.678. The number of phenolic OH excluding ortho intramolecular Hbond substituents is 1. The van der Waals surface area contributed by atoms with Crippen molar-refractivity contribution in [2.75, 3.05) is 7.05 Å². The lowest BCUT2D eigenvalue weighted by Crippen LogP contribution is -2.04. The number of phenols is 1. The SMILES string of the molecule is CNCc1ccc(Oc2ccccc2)cc1.O=Cc1nc(-c2cc(Cl)c(O)c(Cl)c2)cs1. The zero-order chi connectivity index (χ0) is 22.9. The van der Waals surface area contributed by atoms with Crippen molar-refractivity contribution in [2.24, 2.45) is 0 Å². The van der Waals surface area contributed by atoms with Crippen LogP contribution in [0.25, 0.3) is 11.3 Å². The maximum Gasteiger partial charge on any atom is 0.178 e. The first kappa shape index (κ1) is 23.8. The van der Waals surface area contributed by atoms with Crippen LogP contribution in [0.5, 0.6) is 17.2 Å². The molecule has 0 saturated carbocycles. The number of carbonyl (C=O) groups excluding carboxylic acids is 1. The summed E-state index contributed by atoms with van der Waals surface area (Å²) in [6.45, 7) is 0.881. The van der Waals surface area contributed by atoms with E-state index in [2.05, 4.69) is 22.4 Å². The summed E-state index contributed by atoms with van der Waals surface area (Å²) < 4.78 is 5.69. The van der Waals surface area contributed by atoms with E-state index in [9.17, 15) is 9.90 Å². The number of hydrogen-bond acceptors (Lipinski definition) is 6. The number of thiazole rings is 1. The van der Waals surface area contributed by atoms with E-state index in [4.69, 9.17) is 27.9 Å². The number of aromatic hydroxyl groups is 1. The van der Waals surface area contributed by atoms with Crippen molar-refractivity contribution >= 4 is 40.8 Å². The fraction of sp³-hybridized carbons (Fsp3) is 0.0833. The first-order chi connectivity index (χ1) is 15.5. The molecule has 4 aromatic rings. The molecule has 164 valence electrons. The van der Waals surface area contributed by atoms with Gasteiger partial charge in [-0.2, -0.15) is 0 Å². The van der Waals surface area contributed by atoms with Crippen molar-refractivity contribution in [2.45, 2.75) is 6.54 Å². The average molecular weight is 487 g/mol. The first-order valence-electron chi connectivity index (χ1n) is 9.55. The summed E-state index contributed by atoms with van der Waals surface area (Å²) in [5.74, 6) is 1.58. The van der Waals surface area contributed by atoms with Gasteiger partial charge in [-0.25, -0.2) is 4.98 Å². The van der Waals surface area contributed by atoms with Gasteiger partial charge in [0.25, 0.3) is 0 Å². The molecule has 0 fully saturated rings. The molecule has 0 aliphatic carbocycles. The molecule has 0 aliphatic rings. The Bertz CT molecular complexity index is 1140. The molecule has 0 spiro atoms. The Kier molecular flexibility index (Phi) is 8.64. The van der Waals surface area contributed by atoms with Crippen LogP contribution in [-0.4, -0.2) is 23.4 Å². The number of aldehydes is 1. The molecule has 5 nitrogen and oxygen atoms in total. The van der Waals surface area contributed by atoms with Crippen LogP contribution in [0.15, 0.2) is 72.1 Å². The second-order valence-electron chi connectivity index (χ2n) is 6.57. The Morgan fingerprint density at radius 3 is 2.22 bits per heavy atom. The van der Waals surface area contributed by atoms with Crippen molar-refractivity contribution in [3.63, 3.8) is 0 Å². The predicted octanol–water partition coefficient (Wildman–Crippen LogP) is 6.83. The number of carbonyl (C=O) groups is 1. The molecule has 2 N–H and O–H groups in total. The predicted molar refractivity (Wildman–Crippen MR) is 130 cm³/mol. The second-order valence-corrected chi connectivity index (χ2v) is 8.27. The fourth-order valence-electron chi connectivity index (χ4n) is 2.69. The summed E-state index contributed by atoms with van der Waals surface area (Å²) in [5.41, 5.74) is 2.52. The highest BCUT2D eigenvalue weighted by molar-refractivity contribution is 7.11. The maximum atomic E-state index is 10.5. The van der Waals surface area contributed by atoms with E-state index >= 15 is 0 Å². The number of benzene rings is 3. The van der Waals surface area contributed by atoms with Crippen LogP contribution < -0.4 is 10.1 Å². The number of rotatable bonds is 6. The highest BCUT2D eigenvalue weighted by atomic mass is 35.5. The van der Waals surface area contributed by atoms with Crippen LogP contribution in [0.4, 0.5) is 0 Å². The zero-order valence-electron chi connectivity index (χ0n) is 17.1. The molecule has 4 rings (SSSR count). The van der Waals surface area contributed by atoms with E-state index in [0.717, 1.165) is 18.0 Å². The molecular weight excluding hydrogens is 467 g/mol. The second kappa shape index (κ2) is 11.6. The van der Waals surface area contributed by atoms with Crippen LogP contribution in [0.3, 0.4) is 0 Å². The minimum absolute atomic E-state index is 0.155. The van der Waals surface area contributed by atoms with Crippen molar-refractivity contribution in [1.29, 1.82) is 0 Å². The third-order valence-electron chi connectivity index (χ3n) is 4.22. The van der Waals surface area contributed by atoms with E-state index in [1.54, 1.807) is 17.5 Å². The van der Waals surface area contributed by atoms with Crippen molar-refractivity contribution in [1.82, 2.24) is 10.3 Å². The fourth-order valence-corrected chi connectivity index (χ4v) is 3.81. The van der Waals surface area contributed by atoms with Crippen molar-refractivity contribution in [3.8, 4) is 28.5 Å². The molecule has 0 saturated heterocycles. The van der Waals surface area contributed by atoms with Crippen LogP contribution in [0.2, 0.25) is 10.0 Å². The molecular formula is C24H20Cl2N2O3S. The molecule has 1 aromatic heterocycles. The zero-order valence-corrected chi connectivity index (χ0v) is 19.4. The van der Waals surface area contributed by atoms with E-state index in [0.29, 0.717) is 22.6 Å². The lowest BCUT2D eigenvalue weighted by atomic mass is 10.1. The molecule has 0 radical (unpaired) electrons. The summed E-state index contributed by atoms with van der Waals surface area (Å²) in [6, 6.07) is 21.0. The van der Waals surface area contributed by atoms with E-state index in [-0.39, 0.29) is 15.8 Å². The highest BCUT2D eigenvalue weighted by Crippen LogP contribution is 2.36. The molecule has 0 amide bonds. The van der Waals surface area contributed by atoms with Gasteiger partial charge in [-0.1, -0.05) is 53.5 Å². The third kappa shape index (κ3) is 6.55. The number of para-hydroxylation sites is 1. The van der Waals surface area contributed by atoms with Crippen LogP contribution in [0.1, 0.15) is 15.4 Å². The Hall–Kier alpha value is -2.90. The lowest BCUT2D eigenvalue weighted by molar-refractivity contribution is 0.112. The topological polar surface area (TPSA) is 71.5 Å². The number of halogens is 2. The van der Waals surface area contributed by atoms with Gasteiger partial charge in [0.15, 0.2) is 17.0 Å². The van der Waals surface area contributed by atoms with E-state index in [1.807, 2.05) is 49.5 Å². The van der Waals surface area contributed by atoms with Gasteiger partial charge < -0.3 is 15.2 Å². The Labute approximate surface area is 200 Å². The summed E-state index contributed by atoms with van der Waals surface area (Å²) >= 11 is 12.8. The number of nitrogens with zero attached hydrogens (tertiary/aromatic N) is 1. The van der Waals surface area contributed by atoms with Gasteiger partial charge in [0.2, 0.25) is 0 Å². The molecule has 32 heavy (non-hydrogen) atoms. The normalized spacial score (nSPS) is 10.2. The van der Waals surface area contributed by atoms with E-state index < -0.39 is 0 Å². The van der Waals surface area contributed by atoms with Gasteiger partial charge in [0, 0.05) is 17.5 Å². The smallest absolute Gasteiger partial charge is 0.178 e. The maximum absolute atomic E-state index is 10.5. The van der Waals surface area contributed by atoms with Crippen molar-refractivity contribution < 1.29 is 14.6 Å². The number of nitrogens with one attached hydrogen (secondary N) is 1. The molecule has 0 aliphatic heterocycles. The minimum atomic E-state index is -0.155. The molecule has 0 bridgehead atoms. The number of aromatic nitrogens is 1. The van der Waals surface area contributed by atoms with Gasteiger partial charge >= 0.3 is 0 Å². The van der Waals surface area contributed by atoms with Crippen LogP contribution >= 0.6 is 34.5 Å². The number of ether oxygens (including phenoxy) is 1. The molecule has 3 aromatic carbocycles. The monoisotopic (exact) mass is 486 g/mol. The summed E-state index contributed by atoms with van der Waals surface area (Å²) in [7, 11) is 1.94. The molecule has 0 atom stereocenters. The van der Waals surface area contributed by atoms with Gasteiger partial charge in [0.1, 0.15) is 11.5 Å². The Morgan fingerprint density at radius 2 is 1.66 bits per heavy atom. The summed E-state index contributed by atoms with van der Waals surface area (Å²) in [4.78, 5) is 14.6. The molecule has 1 heterocycles. The van der Waals surface area contributed by atoms with E-state index in [1.165, 1.54) is 16.9 Å². The highest BCUT2D eigenvalue weighted by Gasteiger charge is 2.10. The quantitative estimate of drug-likeness (QED) is 0.292. The largest absolute Gasteiger partial charge is 0.505 e. The first-order valence-corrected chi connectivity index (χ1v) is 11.2. The van der Waals surface area contributed by atoms with Crippen LogP contribution in [0, 0.1) is 0 Å². The Balaban J connectivity index is 0.000000181. The van der Waals surface area contributed by atoms with Gasteiger partial charge in [-0.15, -0.1) is 11.3 Å². The molecule has 8 heteroatoms.